The molecule has 0 atom stereocenters. The summed E-state index contributed by atoms with van der Waals surface area (Å²) < 4.78 is 2.06. The standard InChI is InChI=1S/C22H29N3O2/c1-5-10-25-19-7-6-17(14(2)3)13-18(19)15(4)20(25)22(27)24-11-8-16(9-12-24)21(23)26/h5-7,13-14,16H,1,8-12H2,2-4H3,(H2,23,26). The third-order valence-electron chi connectivity index (χ3n) is 5.71. The summed E-state index contributed by atoms with van der Waals surface area (Å²) in [5.41, 5.74) is 9.48. The molecule has 2 heterocycles. The van der Waals surface area contributed by atoms with E-state index in [0.717, 1.165) is 22.2 Å². The highest BCUT2D eigenvalue weighted by Crippen LogP contribution is 2.31. The van der Waals surface area contributed by atoms with Gasteiger partial charge in [-0.3, -0.25) is 9.59 Å². The summed E-state index contributed by atoms with van der Waals surface area (Å²) >= 11 is 0. The number of aryl methyl sites for hydroxylation is 1. The molecule has 1 aromatic heterocycles. The fraction of sp³-hybridized carbons (Fsp3) is 0.455. The summed E-state index contributed by atoms with van der Waals surface area (Å²) in [5.74, 6) is 0.0751. The van der Waals surface area contributed by atoms with E-state index in [2.05, 4.69) is 43.2 Å². The van der Waals surface area contributed by atoms with Crippen molar-refractivity contribution in [1.29, 1.82) is 0 Å². The summed E-state index contributed by atoms with van der Waals surface area (Å²) in [4.78, 5) is 26.6. The molecular formula is C22H29N3O2. The fourth-order valence-electron chi connectivity index (χ4n) is 4.01. The van der Waals surface area contributed by atoms with Crippen molar-refractivity contribution in [3.8, 4) is 0 Å². The Morgan fingerprint density at radius 2 is 1.96 bits per heavy atom. The topological polar surface area (TPSA) is 68.3 Å². The second kappa shape index (κ2) is 7.59. The Labute approximate surface area is 160 Å². The van der Waals surface area contributed by atoms with E-state index in [0.29, 0.717) is 38.4 Å². The van der Waals surface area contributed by atoms with Crippen LogP contribution < -0.4 is 5.73 Å². The van der Waals surface area contributed by atoms with E-state index in [-0.39, 0.29) is 17.7 Å². The van der Waals surface area contributed by atoms with Crippen molar-refractivity contribution in [2.24, 2.45) is 11.7 Å². The quantitative estimate of drug-likeness (QED) is 0.821. The van der Waals surface area contributed by atoms with E-state index >= 15 is 0 Å². The Morgan fingerprint density at radius 1 is 1.30 bits per heavy atom. The fourth-order valence-corrected chi connectivity index (χ4v) is 4.01. The molecule has 1 fully saturated rings. The lowest BCUT2D eigenvalue weighted by atomic mass is 9.96. The first-order chi connectivity index (χ1) is 12.8. The van der Waals surface area contributed by atoms with Crippen molar-refractivity contribution >= 4 is 22.7 Å². The Morgan fingerprint density at radius 3 is 2.52 bits per heavy atom. The molecule has 2 amide bonds. The first kappa shape index (κ1) is 19.2. The van der Waals surface area contributed by atoms with Gasteiger partial charge in [0.1, 0.15) is 5.69 Å². The number of piperidine rings is 1. The van der Waals surface area contributed by atoms with Crippen molar-refractivity contribution in [1.82, 2.24) is 9.47 Å². The van der Waals surface area contributed by atoms with Gasteiger partial charge in [-0.2, -0.15) is 0 Å². The van der Waals surface area contributed by atoms with Crippen LogP contribution in [0.15, 0.2) is 30.9 Å². The molecule has 5 nitrogen and oxygen atoms in total. The Hall–Kier alpha value is -2.56. The van der Waals surface area contributed by atoms with Crippen LogP contribution in [0.1, 0.15) is 54.2 Å². The van der Waals surface area contributed by atoms with Gasteiger partial charge < -0.3 is 15.2 Å². The lowest BCUT2D eigenvalue weighted by Crippen LogP contribution is -2.42. The Balaban J connectivity index is 2.01. The maximum atomic E-state index is 13.3. The van der Waals surface area contributed by atoms with Crippen LogP contribution in [0.2, 0.25) is 0 Å². The normalized spacial score (nSPS) is 15.5. The van der Waals surface area contributed by atoms with Gasteiger partial charge in [-0.05, 0) is 48.9 Å². The van der Waals surface area contributed by atoms with Crippen LogP contribution in [-0.4, -0.2) is 34.4 Å². The van der Waals surface area contributed by atoms with Gasteiger partial charge in [-0.1, -0.05) is 26.0 Å². The van der Waals surface area contributed by atoms with E-state index in [9.17, 15) is 9.59 Å². The van der Waals surface area contributed by atoms with E-state index in [1.54, 1.807) is 0 Å². The van der Waals surface area contributed by atoms with Crippen LogP contribution in [0, 0.1) is 12.8 Å². The van der Waals surface area contributed by atoms with Crippen LogP contribution in [0.3, 0.4) is 0 Å². The van der Waals surface area contributed by atoms with E-state index < -0.39 is 0 Å². The molecule has 0 saturated carbocycles. The van der Waals surface area contributed by atoms with Gasteiger partial charge in [0.2, 0.25) is 5.91 Å². The third kappa shape index (κ3) is 3.51. The molecule has 1 aliphatic rings. The average Bonchev–Trinajstić information content (AvgIpc) is 2.93. The molecule has 1 aliphatic heterocycles. The highest BCUT2D eigenvalue weighted by atomic mass is 16.2. The van der Waals surface area contributed by atoms with Crippen molar-refractivity contribution < 1.29 is 9.59 Å². The van der Waals surface area contributed by atoms with Gasteiger partial charge in [0.15, 0.2) is 0 Å². The SMILES string of the molecule is C=CCn1c(C(=O)N2CCC(C(N)=O)CC2)c(C)c2cc(C(C)C)ccc21. The van der Waals surface area contributed by atoms with Crippen LogP contribution in [0.5, 0.6) is 0 Å². The third-order valence-corrected chi connectivity index (χ3v) is 5.71. The zero-order valence-electron chi connectivity index (χ0n) is 16.5. The number of hydrogen-bond acceptors (Lipinski definition) is 2. The van der Waals surface area contributed by atoms with Crippen molar-refractivity contribution in [3.63, 3.8) is 0 Å². The molecule has 2 aromatic rings. The number of primary amides is 1. The second-order valence-electron chi connectivity index (χ2n) is 7.77. The van der Waals surface area contributed by atoms with Gasteiger partial charge >= 0.3 is 0 Å². The van der Waals surface area contributed by atoms with Gasteiger partial charge in [-0.15, -0.1) is 6.58 Å². The Kier molecular flexibility index (Phi) is 5.40. The predicted octanol–water partition coefficient (Wildman–Crippen LogP) is 3.60. The van der Waals surface area contributed by atoms with Crippen LogP contribution in [0.4, 0.5) is 0 Å². The zero-order chi connectivity index (χ0) is 19.7. The maximum Gasteiger partial charge on any atom is 0.270 e. The molecule has 2 N–H and O–H groups in total. The van der Waals surface area contributed by atoms with Crippen molar-refractivity contribution in [2.75, 3.05) is 13.1 Å². The summed E-state index contributed by atoms with van der Waals surface area (Å²) in [6.45, 7) is 12.0. The van der Waals surface area contributed by atoms with Crippen molar-refractivity contribution in [3.05, 3.63) is 47.7 Å². The second-order valence-corrected chi connectivity index (χ2v) is 7.77. The number of benzene rings is 1. The zero-order valence-corrected chi connectivity index (χ0v) is 16.5. The van der Waals surface area contributed by atoms with E-state index in [4.69, 9.17) is 5.73 Å². The molecule has 0 bridgehead atoms. The minimum atomic E-state index is -0.264. The van der Waals surface area contributed by atoms with Gasteiger partial charge in [-0.25, -0.2) is 0 Å². The number of carbonyl (C=O) groups is 2. The van der Waals surface area contributed by atoms with Crippen LogP contribution in [0.25, 0.3) is 10.9 Å². The largest absolute Gasteiger partial charge is 0.369 e. The first-order valence-electron chi connectivity index (χ1n) is 9.67. The number of likely N-dealkylation sites (tertiary alicyclic amines) is 1. The highest BCUT2D eigenvalue weighted by Gasteiger charge is 2.29. The number of hydrogen-bond donors (Lipinski definition) is 1. The van der Waals surface area contributed by atoms with Gasteiger partial charge in [0.05, 0.1) is 0 Å². The lowest BCUT2D eigenvalue weighted by molar-refractivity contribution is -0.123. The molecule has 27 heavy (non-hydrogen) atoms. The number of aromatic nitrogens is 1. The summed E-state index contributed by atoms with van der Waals surface area (Å²) in [6.07, 6.45) is 3.10. The molecule has 3 rings (SSSR count). The number of amides is 2. The lowest BCUT2D eigenvalue weighted by Gasteiger charge is -2.31. The monoisotopic (exact) mass is 367 g/mol. The van der Waals surface area contributed by atoms with E-state index in [1.165, 1.54) is 5.56 Å². The van der Waals surface area contributed by atoms with Crippen molar-refractivity contribution in [2.45, 2.75) is 46.1 Å². The summed E-state index contributed by atoms with van der Waals surface area (Å²) in [7, 11) is 0. The summed E-state index contributed by atoms with van der Waals surface area (Å²) in [5, 5.41) is 1.12. The number of nitrogens with zero attached hydrogens (tertiary/aromatic N) is 2. The molecule has 0 radical (unpaired) electrons. The molecular weight excluding hydrogens is 338 g/mol. The number of fused-ring (bicyclic) bond motifs is 1. The minimum absolute atomic E-state index is 0.0274. The molecule has 144 valence electrons. The van der Waals surface area contributed by atoms with E-state index in [1.807, 2.05) is 17.9 Å². The summed E-state index contributed by atoms with van der Waals surface area (Å²) in [6, 6.07) is 6.45. The predicted molar refractivity (Wildman–Crippen MR) is 109 cm³/mol. The number of rotatable bonds is 5. The number of allylic oxidation sites excluding steroid dienone is 1. The van der Waals surface area contributed by atoms with Crippen LogP contribution in [-0.2, 0) is 11.3 Å². The molecule has 0 unspecified atom stereocenters. The molecule has 1 saturated heterocycles. The first-order valence-corrected chi connectivity index (χ1v) is 9.67. The molecule has 0 spiro atoms. The van der Waals surface area contributed by atoms with Gasteiger partial charge in [0.25, 0.3) is 5.91 Å². The molecule has 0 aliphatic carbocycles. The maximum absolute atomic E-state index is 13.3. The number of nitrogens with two attached hydrogens (primary N) is 1. The Bertz CT molecular complexity index is 887. The number of carbonyl (C=O) groups excluding carboxylic acids is 2. The average molecular weight is 367 g/mol. The highest BCUT2D eigenvalue weighted by molar-refractivity contribution is 6.02. The van der Waals surface area contributed by atoms with Gasteiger partial charge in [0, 0.05) is 36.5 Å². The van der Waals surface area contributed by atoms with Crippen LogP contribution >= 0.6 is 0 Å². The molecule has 1 aromatic carbocycles. The smallest absolute Gasteiger partial charge is 0.270 e. The molecule has 5 heteroatoms. The minimum Gasteiger partial charge on any atom is -0.369 e.